The molecule has 22 heavy (non-hydrogen) atoms. The highest BCUT2D eigenvalue weighted by molar-refractivity contribution is 9.11. The van der Waals surface area contributed by atoms with Gasteiger partial charge in [0.1, 0.15) is 4.21 Å². The van der Waals surface area contributed by atoms with Crippen molar-refractivity contribution in [2.24, 2.45) is 0 Å². The van der Waals surface area contributed by atoms with Gasteiger partial charge in [0.05, 0.1) is 21.6 Å². The van der Waals surface area contributed by atoms with Gasteiger partial charge in [0, 0.05) is 0 Å². The number of esters is 1. The molecule has 0 spiro atoms. The lowest BCUT2D eigenvalue weighted by Crippen LogP contribution is -2.14. The minimum absolute atomic E-state index is 0.195. The van der Waals surface area contributed by atoms with E-state index in [1.807, 2.05) is 0 Å². The molecule has 0 bridgehead atoms. The SMILES string of the molecule is CCOC(=O)c1cccc(NS(=O)(=O)c2ccc(Br)s2)c1C. The number of halogens is 1. The van der Waals surface area contributed by atoms with Crippen molar-refractivity contribution >= 4 is 48.9 Å². The maximum absolute atomic E-state index is 12.3. The van der Waals surface area contributed by atoms with E-state index >= 15 is 0 Å². The van der Waals surface area contributed by atoms with Gasteiger partial charge < -0.3 is 4.74 Å². The van der Waals surface area contributed by atoms with Gasteiger partial charge in [-0.2, -0.15) is 0 Å². The molecule has 0 fully saturated rings. The second-order valence-corrected chi connectivity index (χ2v) is 8.73. The Balaban J connectivity index is 2.34. The van der Waals surface area contributed by atoms with Crippen LogP contribution in [-0.2, 0) is 14.8 Å². The zero-order valence-electron chi connectivity index (χ0n) is 11.9. The van der Waals surface area contributed by atoms with E-state index in [0.29, 0.717) is 16.8 Å². The fourth-order valence-electron chi connectivity index (χ4n) is 1.81. The van der Waals surface area contributed by atoms with Crippen LogP contribution < -0.4 is 4.72 Å². The normalized spacial score (nSPS) is 11.2. The molecule has 0 unspecified atom stereocenters. The van der Waals surface area contributed by atoms with Gasteiger partial charge in [-0.15, -0.1) is 11.3 Å². The van der Waals surface area contributed by atoms with Gasteiger partial charge in [-0.05, 0) is 59.6 Å². The van der Waals surface area contributed by atoms with E-state index in [4.69, 9.17) is 4.74 Å². The Morgan fingerprint density at radius 2 is 2.05 bits per heavy atom. The molecule has 1 aromatic heterocycles. The molecule has 0 aliphatic rings. The summed E-state index contributed by atoms with van der Waals surface area (Å²) >= 11 is 4.35. The van der Waals surface area contributed by atoms with Crippen molar-refractivity contribution in [3.05, 3.63) is 45.2 Å². The quantitative estimate of drug-likeness (QED) is 0.770. The molecule has 0 aliphatic heterocycles. The van der Waals surface area contributed by atoms with Crippen LogP contribution in [0.15, 0.2) is 38.3 Å². The molecule has 0 aliphatic carbocycles. The third kappa shape index (κ3) is 3.68. The molecule has 5 nitrogen and oxygen atoms in total. The number of carbonyl (C=O) groups excluding carboxylic acids is 1. The monoisotopic (exact) mass is 403 g/mol. The van der Waals surface area contributed by atoms with Crippen molar-refractivity contribution in [3.8, 4) is 0 Å². The lowest BCUT2D eigenvalue weighted by atomic mass is 10.1. The molecule has 0 atom stereocenters. The van der Waals surface area contributed by atoms with Crippen LogP contribution in [0.25, 0.3) is 0 Å². The van der Waals surface area contributed by atoms with Crippen LogP contribution in [0, 0.1) is 6.92 Å². The lowest BCUT2D eigenvalue weighted by Gasteiger charge is -2.12. The molecule has 2 rings (SSSR count). The highest BCUT2D eigenvalue weighted by atomic mass is 79.9. The summed E-state index contributed by atoms with van der Waals surface area (Å²) in [5.41, 5.74) is 1.23. The molecule has 0 radical (unpaired) electrons. The maximum atomic E-state index is 12.3. The van der Waals surface area contributed by atoms with Crippen molar-refractivity contribution in [1.29, 1.82) is 0 Å². The summed E-state index contributed by atoms with van der Waals surface area (Å²) in [6.07, 6.45) is 0. The number of anilines is 1. The van der Waals surface area contributed by atoms with Crippen molar-refractivity contribution in [1.82, 2.24) is 0 Å². The predicted molar refractivity (Wildman–Crippen MR) is 90.0 cm³/mol. The second kappa shape index (κ2) is 6.80. The van der Waals surface area contributed by atoms with Crippen LogP contribution in [0.5, 0.6) is 0 Å². The summed E-state index contributed by atoms with van der Waals surface area (Å²) < 4.78 is 33.1. The topological polar surface area (TPSA) is 72.5 Å². The molecule has 0 saturated heterocycles. The zero-order valence-corrected chi connectivity index (χ0v) is 15.1. The number of thiophene rings is 1. The largest absolute Gasteiger partial charge is 0.462 e. The molecule has 1 N–H and O–H groups in total. The fourth-order valence-corrected chi connectivity index (χ4v) is 4.95. The number of sulfonamides is 1. The summed E-state index contributed by atoms with van der Waals surface area (Å²) in [5.74, 6) is -0.472. The fraction of sp³-hybridized carbons (Fsp3) is 0.214. The summed E-state index contributed by atoms with van der Waals surface area (Å²) in [5, 5.41) is 0. The molecule has 0 saturated carbocycles. The molecule has 118 valence electrons. The van der Waals surface area contributed by atoms with Gasteiger partial charge in [0.2, 0.25) is 0 Å². The molecular weight excluding hydrogens is 390 g/mol. The van der Waals surface area contributed by atoms with E-state index < -0.39 is 16.0 Å². The van der Waals surface area contributed by atoms with Gasteiger partial charge >= 0.3 is 5.97 Å². The highest BCUT2D eigenvalue weighted by Gasteiger charge is 2.19. The van der Waals surface area contributed by atoms with Crippen LogP contribution in [-0.4, -0.2) is 21.0 Å². The second-order valence-electron chi connectivity index (χ2n) is 4.36. The third-order valence-electron chi connectivity index (χ3n) is 2.89. The van der Waals surface area contributed by atoms with Crippen LogP contribution in [0.2, 0.25) is 0 Å². The van der Waals surface area contributed by atoms with E-state index in [9.17, 15) is 13.2 Å². The number of hydrogen-bond donors (Lipinski definition) is 1. The number of nitrogens with one attached hydrogen (secondary N) is 1. The highest BCUT2D eigenvalue weighted by Crippen LogP contribution is 2.29. The number of hydrogen-bond acceptors (Lipinski definition) is 5. The lowest BCUT2D eigenvalue weighted by molar-refractivity contribution is 0.0525. The maximum Gasteiger partial charge on any atom is 0.338 e. The van der Waals surface area contributed by atoms with Crippen molar-refractivity contribution in [2.45, 2.75) is 18.1 Å². The van der Waals surface area contributed by atoms with Gasteiger partial charge in [0.15, 0.2) is 0 Å². The van der Waals surface area contributed by atoms with E-state index in [2.05, 4.69) is 20.7 Å². The van der Waals surface area contributed by atoms with Crippen molar-refractivity contribution < 1.29 is 17.9 Å². The summed E-state index contributed by atoms with van der Waals surface area (Å²) in [6, 6.07) is 8.01. The number of benzene rings is 1. The van der Waals surface area contributed by atoms with Crippen LogP contribution >= 0.6 is 27.3 Å². The minimum Gasteiger partial charge on any atom is -0.462 e. The Bertz CT molecular complexity index is 799. The Morgan fingerprint density at radius 1 is 1.32 bits per heavy atom. The van der Waals surface area contributed by atoms with Gasteiger partial charge in [-0.1, -0.05) is 6.07 Å². The summed E-state index contributed by atoms with van der Waals surface area (Å²) in [6.45, 7) is 3.65. The number of rotatable bonds is 5. The minimum atomic E-state index is -3.68. The third-order valence-corrected chi connectivity index (χ3v) is 6.37. The van der Waals surface area contributed by atoms with Crippen molar-refractivity contribution in [2.75, 3.05) is 11.3 Å². The van der Waals surface area contributed by atoms with Crippen LogP contribution in [0.3, 0.4) is 0 Å². The van der Waals surface area contributed by atoms with Crippen LogP contribution in [0.1, 0.15) is 22.8 Å². The Kier molecular flexibility index (Phi) is 5.25. The van der Waals surface area contributed by atoms with Crippen molar-refractivity contribution in [3.63, 3.8) is 0 Å². The predicted octanol–water partition coefficient (Wildman–Crippen LogP) is 3.80. The summed E-state index contributed by atoms with van der Waals surface area (Å²) in [7, 11) is -3.68. The van der Waals surface area contributed by atoms with E-state index in [1.54, 1.807) is 38.1 Å². The molecule has 2 aromatic rings. The summed E-state index contributed by atoms with van der Waals surface area (Å²) in [4.78, 5) is 11.9. The van der Waals surface area contributed by atoms with E-state index in [-0.39, 0.29) is 10.8 Å². The average molecular weight is 404 g/mol. The average Bonchev–Trinajstić information content (AvgIpc) is 2.89. The number of carbonyl (C=O) groups is 1. The van der Waals surface area contributed by atoms with Gasteiger partial charge in [-0.25, -0.2) is 13.2 Å². The first kappa shape index (κ1) is 17.0. The standard InChI is InChI=1S/C14H14BrNO4S2/c1-3-20-14(17)10-5-4-6-11(9(10)2)16-22(18,19)13-8-7-12(15)21-13/h4-8,16H,3H2,1-2H3. The van der Waals surface area contributed by atoms with E-state index in [1.165, 1.54) is 6.07 Å². The first-order valence-electron chi connectivity index (χ1n) is 6.40. The number of ether oxygens (including phenoxy) is 1. The molecule has 1 aromatic carbocycles. The molecule has 8 heteroatoms. The Morgan fingerprint density at radius 3 is 2.64 bits per heavy atom. The van der Waals surface area contributed by atoms with E-state index in [0.717, 1.165) is 15.1 Å². The van der Waals surface area contributed by atoms with Gasteiger partial charge in [0.25, 0.3) is 10.0 Å². The Labute approximate surface area is 141 Å². The zero-order chi connectivity index (χ0) is 16.3. The Hall–Kier alpha value is -1.38. The van der Waals surface area contributed by atoms with Gasteiger partial charge in [-0.3, -0.25) is 4.72 Å². The molecule has 0 amide bonds. The molecule has 1 heterocycles. The first-order valence-corrected chi connectivity index (χ1v) is 9.49. The smallest absolute Gasteiger partial charge is 0.338 e. The first-order chi connectivity index (χ1) is 10.3. The van der Waals surface area contributed by atoms with Crippen LogP contribution in [0.4, 0.5) is 5.69 Å². The molecular formula is C14H14BrNO4S2.